The Balaban J connectivity index is 4.46. The van der Waals surface area contributed by atoms with Crippen molar-refractivity contribution in [1.82, 2.24) is 0 Å². The summed E-state index contributed by atoms with van der Waals surface area (Å²) in [4.78, 5) is 11.9. The van der Waals surface area contributed by atoms with E-state index < -0.39 is 8.80 Å². The summed E-state index contributed by atoms with van der Waals surface area (Å²) < 4.78 is 17.1. The van der Waals surface area contributed by atoms with Gasteiger partial charge in [-0.15, -0.1) is 0 Å². The van der Waals surface area contributed by atoms with Crippen LogP contribution in [0.1, 0.15) is 59.8 Å². The molecule has 0 bridgehead atoms. The van der Waals surface area contributed by atoms with E-state index in [4.69, 9.17) is 25.5 Å². The Morgan fingerprint density at radius 3 is 2.10 bits per heavy atom. The zero-order chi connectivity index (χ0) is 15.4. The molecule has 0 aromatic rings. The zero-order valence-corrected chi connectivity index (χ0v) is 15.0. The number of unbranched alkanes of at least 4 members (excludes halogenated alkanes) is 2. The molecule has 6 heteroatoms. The largest absolute Gasteiger partial charge is 0.566 e. The second kappa shape index (κ2) is 11.4. The Kier molecular flexibility index (Phi) is 11.2. The van der Waals surface area contributed by atoms with Gasteiger partial charge in [0.25, 0.3) is 0 Å². The molecular formula is C14H28O4SSi. The Bertz CT molecular complexity index is 291. The molecule has 0 aliphatic heterocycles. The lowest BCUT2D eigenvalue weighted by molar-refractivity contribution is -0.119. The number of ketones is 1. The number of carbonyl (C=O) groups is 1. The first-order chi connectivity index (χ1) is 9.49. The summed E-state index contributed by atoms with van der Waals surface area (Å²) in [7, 11) is -2.83. The first-order valence-electron chi connectivity index (χ1n) is 7.48. The van der Waals surface area contributed by atoms with E-state index >= 15 is 0 Å². The third kappa shape index (κ3) is 8.79. The van der Waals surface area contributed by atoms with Crippen LogP contribution in [0.15, 0.2) is 0 Å². The molecule has 0 aromatic carbocycles. The minimum Gasteiger partial charge on any atom is -0.495 e. The van der Waals surface area contributed by atoms with Crippen molar-refractivity contribution in [3.8, 4) is 0 Å². The SMILES string of the molecule is CCCCCC(=O)CC[Si](OCC)(OCC)OC(C)=S. The Morgan fingerprint density at radius 2 is 1.65 bits per heavy atom. The van der Waals surface area contributed by atoms with E-state index in [0.717, 1.165) is 19.3 Å². The Labute approximate surface area is 129 Å². The number of thiocarbonyl (C=S) groups is 1. The van der Waals surface area contributed by atoms with Crippen LogP contribution in [-0.2, 0) is 18.1 Å². The van der Waals surface area contributed by atoms with Gasteiger partial charge in [0, 0.05) is 39.0 Å². The molecule has 4 nitrogen and oxygen atoms in total. The van der Waals surface area contributed by atoms with E-state index in [2.05, 4.69) is 6.92 Å². The van der Waals surface area contributed by atoms with Crippen LogP contribution in [-0.4, -0.2) is 32.9 Å². The van der Waals surface area contributed by atoms with Gasteiger partial charge in [-0.05, 0) is 32.5 Å². The molecule has 118 valence electrons. The third-order valence-electron chi connectivity index (χ3n) is 2.80. The van der Waals surface area contributed by atoms with Crippen molar-refractivity contribution in [2.75, 3.05) is 13.2 Å². The van der Waals surface area contributed by atoms with Crippen molar-refractivity contribution in [2.24, 2.45) is 0 Å². The van der Waals surface area contributed by atoms with Gasteiger partial charge in [-0.3, -0.25) is 4.79 Å². The quantitative estimate of drug-likeness (QED) is 0.310. The first-order valence-corrected chi connectivity index (χ1v) is 9.82. The molecule has 20 heavy (non-hydrogen) atoms. The van der Waals surface area contributed by atoms with E-state index in [1.54, 1.807) is 6.92 Å². The molecule has 0 radical (unpaired) electrons. The predicted molar refractivity (Wildman–Crippen MR) is 86.9 cm³/mol. The number of rotatable bonds is 12. The normalized spacial score (nSPS) is 11.4. The smallest absolute Gasteiger partial charge is 0.495 e. The number of carbonyl (C=O) groups excluding carboxylic acids is 1. The molecule has 0 N–H and O–H groups in total. The lowest BCUT2D eigenvalue weighted by atomic mass is 10.1. The van der Waals surface area contributed by atoms with E-state index in [1.165, 1.54) is 0 Å². The first kappa shape index (κ1) is 19.7. The molecular weight excluding hydrogens is 292 g/mol. The van der Waals surface area contributed by atoms with Crippen molar-refractivity contribution in [3.05, 3.63) is 0 Å². The molecule has 0 saturated carbocycles. The van der Waals surface area contributed by atoms with Crippen LogP contribution in [0.5, 0.6) is 0 Å². The van der Waals surface area contributed by atoms with Gasteiger partial charge < -0.3 is 13.3 Å². The molecule has 0 fully saturated rings. The molecule has 0 aromatic heterocycles. The molecule has 0 unspecified atom stereocenters. The molecule has 0 atom stereocenters. The van der Waals surface area contributed by atoms with Crippen LogP contribution in [0.4, 0.5) is 0 Å². The summed E-state index contributed by atoms with van der Waals surface area (Å²) in [5.41, 5.74) is 0. The van der Waals surface area contributed by atoms with Crippen LogP contribution in [0, 0.1) is 0 Å². The molecule has 0 amide bonds. The van der Waals surface area contributed by atoms with Gasteiger partial charge in [0.05, 0.1) is 0 Å². The second-order valence-corrected chi connectivity index (χ2v) is 7.86. The maximum atomic E-state index is 11.9. The maximum Gasteiger partial charge on any atom is 0.566 e. The fourth-order valence-corrected chi connectivity index (χ4v) is 4.82. The van der Waals surface area contributed by atoms with Crippen molar-refractivity contribution < 1.29 is 18.1 Å². The molecule has 0 rings (SSSR count). The summed E-state index contributed by atoms with van der Waals surface area (Å²) >= 11 is 5.01. The zero-order valence-electron chi connectivity index (χ0n) is 13.2. The molecule has 0 aliphatic carbocycles. The van der Waals surface area contributed by atoms with E-state index in [0.29, 0.717) is 37.2 Å². The average molecular weight is 321 g/mol. The topological polar surface area (TPSA) is 44.8 Å². The monoisotopic (exact) mass is 320 g/mol. The molecule has 0 aliphatic rings. The van der Waals surface area contributed by atoms with Crippen molar-refractivity contribution in [2.45, 2.75) is 65.8 Å². The van der Waals surface area contributed by atoms with Crippen LogP contribution in [0.3, 0.4) is 0 Å². The van der Waals surface area contributed by atoms with Crippen molar-refractivity contribution in [1.29, 1.82) is 0 Å². The van der Waals surface area contributed by atoms with E-state index in [9.17, 15) is 4.79 Å². The fraction of sp³-hybridized carbons (Fsp3) is 0.857. The van der Waals surface area contributed by atoms with Gasteiger partial charge in [-0.2, -0.15) is 0 Å². The molecule has 0 heterocycles. The lowest BCUT2D eigenvalue weighted by Crippen LogP contribution is -2.47. The fourth-order valence-electron chi connectivity index (χ4n) is 1.94. The molecule has 0 saturated heterocycles. The van der Waals surface area contributed by atoms with Gasteiger partial charge in [0.2, 0.25) is 0 Å². The van der Waals surface area contributed by atoms with Gasteiger partial charge in [-0.1, -0.05) is 19.8 Å². The van der Waals surface area contributed by atoms with Gasteiger partial charge in [-0.25, -0.2) is 0 Å². The summed E-state index contributed by atoms with van der Waals surface area (Å²) in [6, 6.07) is 0.508. The van der Waals surface area contributed by atoms with Gasteiger partial charge in [0.1, 0.15) is 10.8 Å². The van der Waals surface area contributed by atoms with Crippen LogP contribution >= 0.6 is 12.2 Å². The lowest BCUT2D eigenvalue weighted by Gasteiger charge is -2.28. The van der Waals surface area contributed by atoms with Crippen LogP contribution in [0.25, 0.3) is 0 Å². The highest BCUT2D eigenvalue weighted by Crippen LogP contribution is 2.20. The second-order valence-electron chi connectivity index (χ2n) is 4.64. The van der Waals surface area contributed by atoms with Crippen molar-refractivity contribution >= 4 is 31.9 Å². The standard InChI is InChI=1S/C14H28O4SSi/c1-5-8-9-10-14(15)11-12-20(16-6-2,17-7-3)18-13(4)19/h5-12H2,1-4H3. The van der Waals surface area contributed by atoms with E-state index in [-0.39, 0.29) is 5.78 Å². The summed E-state index contributed by atoms with van der Waals surface area (Å²) in [5.74, 6) is 0.250. The number of Topliss-reactive ketones (excluding diaryl/α,β-unsaturated/α-hetero) is 1. The Hall–Kier alpha value is -0.303. The highest BCUT2D eigenvalue weighted by atomic mass is 32.1. The average Bonchev–Trinajstić information content (AvgIpc) is 2.36. The molecule has 0 spiro atoms. The van der Waals surface area contributed by atoms with Crippen LogP contribution in [0.2, 0.25) is 6.04 Å². The third-order valence-corrected chi connectivity index (χ3v) is 5.96. The minimum absolute atomic E-state index is 0.250. The Morgan fingerprint density at radius 1 is 1.05 bits per heavy atom. The maximum absolute atomic E-state index is 11.9. The highest BCUT2D eigenvalue weighted by molar-refractivity contribution is 7.80. The summed E-state index contributed by atoms with van der Waals surface area (Å²) in [5, 5.41) is 0.414. The summed E-state index contributed by atoms with van der Waals surface area (Å²) in [6.45, 7) is 8.62. The van der Waals surface area contributed by atoms with Gasteiger partial charge in [0.15, 0.2) is 0 Å². The van der Waals surface area contributed by atoms with Gasteiger partial charge >= 0.3 is 8.80 Å². The number of hydrogen-bond acceptors (Lipinski definition) is 5. The highest BCUT2D eigenvalue weighted by Gasteiger charge is 2.43. The minimum atomic E-state index is -2.83. The van der Waals surface area contributed by atoms with Crippen LogP contribution < -0.4 is 0 Å². The predicted octanol–water partition coefficient (Wildman–Crippen LogP) is 3.90. The number of hydrogen-bond donors (Lipinski definition) is 0. The van der Waals surface area contributed by atoms with Crippen molar-refractivity contribution in [3.63, 3.8) is 0 Å². The summed E-state index contributed by atoms with van der Waals surface area (Å²) in [6.07, 6.45) is 4.25. The van der Waals surface area contributed by atoms with E-state index in [1.807, 2.05) is 13.8 Å².